The summed E-state index contributed by atoms with van der Waals surface area (Å²) in [6, 6.07) is 11.9. The van der Waals surface area contributed by atoms with E-state index < -0.39 is 0 Å². The molecule has 1 aromatic carbocycles. The molecule has 2 rings (SSSR count). The lowest BCUT2D eigenvalue weighted by molar-refractivity contribution is -0.113. The molecule has 118 valence electrons. The number of thiophene rings is 1. The van der Waals surface area contributed by atoms with Crippen molar-refractivity contribution >= 4 is 46.3 Å². The second-order valence-corrected chi connectivity index (χ2v) is 8.83. The summed E-state index contributed by atoms with van der Waals surface area (Å²) in [6.45, 7) is 6.44. The first kappa shape index (κ1) is 17.4. The number of carbonyl (C=O) groups excluding carboxylic acids is 1. The minimum atomic E-state index is 0.00470. The maximum absolute atomic E-state index is 12.1. The summed E-state index contributed by atoms with van der Waals surface area (Å²) in [4.78, 5) is 13.3. The Morgan fingerprint density at radius 3 is 2.59 bits per heavy atom. The lowest BCUT2D eigenvalue weighted by atomic mass is 9.86. The summed E-state index contributed by atoms with van der Waals surface area (Å²) in [5.41, 5.74) is 2.06. The van der Waals surface area contributed by atoms with Gasteiger partial charge in [-0.15, -0.1) is 23.1 Å². The molecule has 1 N–H and O–H groups in total. The van der Waals surface area contributed by atoms with Crippen LogP contribution in [0.1, 0.15) is 31.2 Å². The standard InChI is InChI=1S/C17H20ClNOS2/c1-17(2,3)13-6-4-5-7-14(13)19-16(20)11-21-10-12-8-9-15(18)22-12/h4-9H,10-11H2,1-3H3,(H,19,20). The van der Waals surface area contributed by atoms with Gasteiger partial charge in [-0.3, -0.25) is 4.79 Å². The second kappa shape index (κ2) is 7.53. The van der Waals surface area contributed by atoms with Gasteiger partial charge in [-0.2, -0.15) is 0 Å². The first-order valence-corrected chi connectivity index (χ1v) is 9.42. The molecule has 22 heavy (non-hydrogen) atoms. The number of hydrogen-bond donors (Lipinski definition) is 1. The predicted molar refractivity (Wildman–Crippen MR) is 99.3 cm³/mol. The molecule has 0 bridgehead atoms. The van der Waals surface area contributed by atoms with Gasteiger partial charge in [-0.05, 0) is 29.2 Å². The van der Waals surface area contributed by atoms with Crippen LogP contribution in [0.15, 0.2) is 36.4 Å². The number of benzene rings is 1. The zero-order valence-corrected chi connectivity index (χ0v) is 15.4. The lowest BCUT2D eigenvalue weighted by Gasteiger charge is -2.22. The summed E-state index contributed by atoms with van der Waals surface area (Å²) in [6.07, 6.45) is 0. The Morgan fingerprint density at radius 1 is 1.23 bits per heavy atom. The number of anilines is 1. The molecule has 2 nitrogen and oxygen atoms in total. The SMILES string of the molecule is CC(C)(C)c1ccccc1NC(=O)CSCc1ccc(Cl)s1. The van der Waals surface area contributed by atoms with E-state index in [9.17, 15) is 4.79 Å². The molecule has 2 aromatic rings. The summed E-state index contributed by atoms with van der Waals surface area (Å²) in [7, 11) is 0. The van der Waals surface area contributed by atoms with Crippen molar-refractivity contribution in [3.63, 3.8) is 0 Å². The third-order valence-electron chi connectivity index (χ3n) is 3.12. The van der Waals surface area contributed by atoms with Crippen LogP contribution >= 0.6 is 34.7 Å². The molecule has 0 aliphatic heterocycles. The van der Waals surface area contributed by atoms with Crippen LogP contribution in [0.25, 0.3) is 0 Å². The Labute approximate surface area is 145 Å². The third-order valence-corrected chi connectivity index (χ3v) is 5.51. The summed E-state index contributed by atoms with van der Waals surface area (Å²) in [5.74, 6) is 1.28. The fraction of sp³-hybridized carbons (Fsp3) is 0.353. The molecule has 1 amide bonds. The Hall–Kier alpha value is -0.970. The van der Waals surface area contributed by atoms with Crippen LogP contribution in [0.4, 0.5) is 5.69 Å². The molecular formula is C17H20ClNOS2. The van der Waals surface area contributed by atoms with Crippen molar-refractivity contribution < 1.29 is 4.79 Å². The van der Waals surface area contributed by atoms with Gasteiger partial charge in [0.15, 0.2) is 0 Å². The van der Waals surface area contributed by atoms with Gasteiger partial charge in [0, 0.05) is 16.3 Å². The fourth-order valence-electron chi connectivity index (χ4n) is 2.11. The minimum absolute atomic E-state index is 0.00470. The van der Waals surface area contributed by atoms with E-state index in [1.165, 1.54) is 4.88 Å². The number of amides is 1. The van der Waals surface area contributed by atoms with Gasteiger partial charge in [0.05, 0.1) is 10.1 Å². The van der Waals surface area contributed by atoms with Gasteiger partial charge >= 0.3 is 0 Å². The van der Waals surface area contributed by atoms with Gasteiger partial charge in [-0.25, -0.2) is 0 Å². The molecule has 5 heteroatoms. The molecular weight excluding hydrogens is 334 g/mol. The fourth-order valence-corrected chi connectivity index (χ4v) is 4.13. The number of nitrogens with one attached hydrogen (secondary N) is 1. The third kappa shape index (κ3) is 5.04. The van der Waals surface area contributed by atoms with Crippen LogP contribution in [0.3, 0.4) is 0 Å². The van der Waals surface area contributed by atoms with Crippen molar-refractivity contribution in [2.24, 2.45) is 0 Å². The Morgan fingerprint density at radius 2 is 1.95 bits per heavy atom. The number of thioether (sulfide) groups is 1. The second-order valence-electron chi connectivity index (χ2n) is 6.04. The minimum Gasteiger partial charge on any atom is -0.325 e. The van der Waals surface area contributed by atoms with E-state index >= 15 is 0 Å². The normalized spacial score (nSPS) is 11.5. The van der Waals surface area contributed by atoms with Crippen LogP contribution in [-0.2, 0) is 16.0 Å². The summed E-state index contributed by atoms with van der Waals surface area (Å²) >= 11 is 9.06. The van der Waals surface area contributed by atoms with E-state index in [0.717, 1.165) is 21.3 Å². The quantitative estimate of drug-likeness (QED) is 0.761. The van der Waals surface area contributed by atoms with Crippen molar-refractivity contribution in [2.75, 3.05) is 11.1 Å². The number of para-hydroxylation sites is 1. The molecule has 1 aromatic heterocycles. The molecule has 0 spiro atoms. The zero-order chi connectivity index (χ0) is 16.2. The first-order valence-electron chi connectivity index (χ1n) is 7.07. The highest BCUT2D eigenvalue weighted by Gasteiger charge is 2.18. The van der Waals surface area contributed by atoms with Crippen molar-refractivity contribution in [1.29, 1.82) is 0 Å². The number of carbonyl (C=O) groups is 1. The average Bonchev–Trinajstić information content (AvgIpc) is 2.84. The molecule has 0 fully saturated rings. The largest absolute Gasteiger partial charge is 0.325 e. The van der Waals surface area contributed by atoms with Crippen molar-refractivity contribution in [1.82, 2.24) is 0 Å². The van der Waals surface area contributed by atoms with E-state index in [2.05, 4.69) is 32.2 Å². The number of halogens is 1. The first-order chi connectivity index (χ1) is 10.4. The van der Waals surface area contributed by atoms with E-state index in [4.69, 9.17) is 11.6 Å². The molecule has 0 aliphatic rings. The molecule has 0 saturated heterocycles. The lowest BCUT2D eigenvalue weighted by Crippen LogP contribution is -2.19. The van der Waals surface area contributed by atoms with Crippen molar-refractivity contribution in [3.05, 3.63) is 51.2 Å². The predicted octanol–water partition coefficient (Wildman–Crippen LogP) is 5.57. The molecule has 0 radical (unpaired) electrons. The monoisotopic (exact) mass is 353 g/mol. The summed E-state index contributed by atoms with van der Waals surface area (Å²) in [5, 5.41) is 3.03. The average molecular weight is 354 g/mol. The maximum Gasteiger partial charge on any atom is 0.234 e. The molecule has 0 saturated carbocycles. The molecule has 0 unspecified atom stereocenters. The van der Waals surface area contributed by atoms with E-state index in [0.29, 0.717) is 5.75 Å². The van der Waals surface area contributed by atoms with Gasteiger partial charge in [0.25, 0.3) is 0 Å². The highest BCUT2D eigenvalue weighted by molar-refractivity contribution is 7.99. The van der Waals surface area contributed by atoms with E-state index in [1.807, 2.05) is 30.3 Å². The smallest absolute Gasteiger partial charge is 0.234 e. The van der Waals surface area contributed by atoms with Gasteiger partial charge in [0.1, 0.15) is 0 Å². The van der Waals surface area contributed by atoms with Gasteiger partial charge in [0.2, 0.25) is 5.91 Å². The van der Waals surface area contributed by atoms with E-state index in [-0.39, 0.29) is 11.3 Å². The van der Waals surface area contributed by atoms with Crippen molar-refractivity contribution in [2.45, 2.75) is 31.9 Å². The number of rotatable bonds is 5. The molecule has 0 atom stereocenters. The Balaban J connectivity index is 1.90. The van der Waals surface area contributed by atoms with E-state index in [1.54, 1.807) is 23.1 Å². The Bertz CT molecular complexity index is 646. The molecule has 1 heterocycles. The van der Waals surface area contributed by atoms with Gasteiger partial charge < -0.3 is 5.32 Å². The molecule has 0 aliphatic carbocycles. The van der Waals surface area contributed by atoms with Crippen LogP contribution in [0, 0.1) is 0 Å². The van der Waals surface area contributed by atoms with Crippen molar-refractivity contribution in [3.8, 4) is 0 Å². The zero-order valence-electron chi connectivity index (χ0n) is 13.0. The van der Waals surface area contributed by atoms with Crippen LogP contribution in [0.5, 0.6) is 0 Å². The van der Waals surface area contributed by atoms with Crippen LogP contribution in [0.2, 0.25) is 4.34 Å². The maximum atomic E-state index is 12.1. The van der Waals surface area contributed by atoms with Crippen LogP contribution in [-0.4, -0.2) is 11.7 Å². The van der Waals surface area contributed by atoms with Crippen LogP contribution < -0.4 is 5.32 Å². The topological polar surface area (TPSA) is 29.1 Å². The number of hydrogen-bond acceptors (Lipinski definition) is 3. The highest BCUT2D eigenvalue weighted by atomic mass is 35.5. The summed E-state index contributed by atoms with van der Waals surface area (Å²) < 4.78 is 0.791. The Kier molecular flexibility index (Phi) is 5.95. The highest BCUT2D eigenvalue weighted by Crippen LogP contribution is 2.29. The van der Waals surface area contributed by atoms with Gasteiger partial charge in [-0.1, -0.05) is 50.6 Å².